The number of aryl methyl sites for hydroxylation is 3. The highest BCUT2D eigenvalue weighted by Crippen LogP contribution is 2.39. The van der Waals surface area contributed by atoms with Crippen LogP contribution in [0.2, 0.25) is 0 Å². The van der Waals surface area contributed by atoms with Gasteiger partial charge in [-0.05, 0) is 91.1 Å². The highest BCUT2D eigenvalue weighted by atomic mass is 32.2. The van der Waals surface area contributed by atoms with Crippen LogP contribution in [-0.2, 0) is 44.7 Å². The van der Waals surface area contributed by atoms with E-state index >= 15 is 4.39 Å². The molecule has 0 amide bonds. The highest BCUT2D eigenvalue weighted by Gasteiger charge is 2.36. The summed E-state index contributed by atoms with van der Waals surface area (Å²) in [7, 11) is -0.442. The first-order valence-corrected chi connectivity index (χ1v) is 18.7. The molecular weight excluding hydrogens is 656 g/mol. The third-order valence-corrected chi connectivity index (χ3v) is 12.1. The van der Waals surface area contributed by atoms with Gasteiger partial charge in [0.2, 0.25) is 0 Å². The summed E-state index contributed by atoms with van der Waals surface area (Å²) in [5, 5.41) is 5.62. The second-order valence-corrected chi connectivity index (χ2v) is 16.6. The van der Waals surface area contributed by atoms with Gasteiger partial charge in [-0.1, -0.05) is 44.5 Å². The molecule has 5 aromatic rings. The molecular formula is C39H43FN4O5S. The van der Waals surface area contributed by atoms with Gasteiger partial charge in [0, 0.05) is 41.7 Å². The van der Waals surface area contributed by atoms with Gasteiger partial charge >= 0.3 is 5.97 Å². The molecule has 0 spiro atoms. The Morgan fingerprint density at radius 1 is 1.04 bits per heavy atom. The summed E-state index contributed by atoms with van der Waals surface area (Å²) in [6.45, 7) is 5.99. The molecule has 1 unspecified atom stereocenters. The molecule has 1 N–H and O–H groups in total. The van der Waals surface area contributed by atoms with E-state index in [1.165, 1.54) is 25.3 Å². The van der Waals surface area contributed by atoms with Gasteiger partial charge in [-0.3, -0.25) is 9.59 Å². The fourth-order valence-corrected chi connectivity index (χ4v) is 9.24. The van der Waals surface area contributed by atoms with Crippen molar-refractivity contribution in [3.63, 3.8) is 0 Å². The third kappa shape index (κ3) is 7.14. The molecule has 2 aromatic heterocycles. The van der Waals surface area contributed by atoms with Crippen molar-refractivity contribution < 1.29 is 27.1 Å². The van der Waals surface area contributed by atoms with Gasteiger partial charge in [0.25, 0.3) is 0 Å². The van der Waals surface area contributed by atoms with Gasteiger partial charge in [0.15, 0.2) is 27.3 Å². The van der Waals surface area contributed by atoms with Crippen molar-refractivity contribution in [3.8, 4) is 11.4 Å². The van der Waals surface area contributed by atoms with Crippen LogP contribution >= 0.6 is 0 Å². The number of hydrogen-bond acceptors (Lipinski definition) is 7. The largest absolute Gasteiger partial charge is 0.469 e. The molecule has 262 valence electrons. The van der Waals surface area contributed by atoms with Crippen LogP contribution in [0.1, 0.15) is 84.9 Å². The predicted octanol–water partition coefficient (Wildman–Crippen LogP) is 6.91. The fraction of sp³-hybridized carbons (Fsp3) is 0.385. The van der Waals surface area contributed by atoms with Gasteiger partial charge in [0.05, 0.1) is 29.6 Å². The third-order valence-electron chi connectivity index (χ3n) is 10.0. The summed E-state index contributed by atoms with van der Waals surface area (Å²) in [6, 6.07) is 17.5. The van der Waals surface area contributed by atoms with Crippen LogP contribution in [0.3, 0.4) is 0 Å². The van der Waals surface area contributed by atoms with Crippen LogP contribution < -0.4 is 0 Å². The Hall–Kier alpha value is -4.64. The lowest BCUT2D eigenvalue weighted by molar-refractivity contribution is -0.140. The number of methoxy groups -OCH3 is 1. The molecule has 1 aliphatic heterocycles. The molecule has 6 rings (SSSR count). The lowest BCUT2D eigenvalue weighted by Gasteiger charge is -2.30. The molecule has 50 heavy (non-hydrogen) atoms. The number of fused-ring (bicyclic) bond motifs is 8. The van der Waals surface area contributed by atoms with E-state index in [2.05, 4.69) is 4.98 Å². The molecule has 1 aliphatic rings. The van der Waals surface area contributed by atoms with E-state index in [1.807, 2.05) is 51.1 Å². The number of halogens is 1. The molecule has 3 aromatic carbocycles. The van der Waals surface area contributed by atoms with Gasteiger partial charge in [-0.15, -0.1) is 0 Å². The smallest absolute Gasteiger partial charge is 0.305 e. The number of H-pyrrole nitrogens is 1. The summed E-state index contributed by atoms with van der Waals surface area (Å²) in [6.07, 6.45) is 4.54. The van der Waals surface area contributed by atoms with E-state index in [0.717, 1.165) is 22.0 Å². The van der Waals surface area contributed by atoms with Crippen molar-refractivity contribution in [3.05, 3.63) is 106 Å². The molecule has 1 atom stereocenters. The maximum atomic E-state index is 15.7. The topological polar surface area (TPSA) is 124 Å². The van der Waals surface area contributed by atoms with Crippen molar-refractivity contribution in [1.82, 2.24) is 19.7 Å². The Bertz CT molecular complexity index is 2200. The molecule has 11 heteroatoms. The maximum absolute atomic E-state index is 15.7. The van der Waals surface area contributed by atoms with Crippen LogP contribution in [-0.4, -0.2) is 58.5 Å². The van der Waals surface area contributed by atoms with Crippen LogP contribution in [0.5, 0.6) is 0 Å². The Kier molecular flexibility index (Phi) is 9.56. The summed E-state index contributed by atoms with van der Waals surface area (Å²) < 4.78 is 49.4. The quantitative estimate of drug-likeness (QED) is 0.202. The average Bonchev–Trinajstić information content (AvgIpc) is 3.72. The number of aromatic amines is 1. The first-order chi connectivity index (χ1) is 23.7. The number of carbonyl (C=O) groups excluding carboxylic acids is 2. The monoisotopic (exact) mass is 698 g/mol. The zero-order valence-corrected chi connectivity index (χ0v) is 30.0. The Morgan fingerprint density at radius 3 is 2.62 bits per heavy atom. The van der Waals surface area contributed by atoms with E-state index < -0.39 is 26.5 Å². The van der Waals surface area contributed by atoms with Crippen molar-refractivity contribution in [2.75, 3.05) is 18.6 Å². The maximum Gasteiger partial charge on any atom is 0.305 e. The van der Waals surface area contributed by atoms with Gasteiger partial charge in [-0.2, -0.15) is 5.10 Å². The zero-order chi connectivity index (χ0) is 35.8. The first kappa shape index (κ1) is 35.2. The minimum absolute atomic E-state index is 0.000568. The van der Waals surface area contributed by atoms with Crippen LogP contribution in [0.25, 0.3) is 22.3 Å². The molecule has 4 bridgehead atoms. The Balaban J connectivity index is 1.50. The second kappa shape index (κ2) is 13.6. The predicted molar refractivity (Wildman–Crippen MR) is 191 cm³/mol. The van der Waals surface area contributed by atoms with Gasteiger partial charge in [0.1, 0.15) is 5.82 Å². The number of rotatable bonds is 4. The molecule has 0 saturated heterocycles. The standard InChI is InChI=1S/C39H43FN4O5S/c1-38(2)18-7-19-39(3,27-9-6-8-25(22-27)10-15-34(45)49-5)37-42-36(44(4)43-37)31-23-26(11-13-32(31)40)35(46)30-12-14-33-29(16-20-41-33)28(30)17-21-50(47,48)24-38/h6,8-9,11-14,16,20,22-23,41H,7,10,15,17-19,21,24H2,1-5H3. The normalized spacial score (nSPS) is 19.4. The lowest BCUT2D eigenvalue weighted by Crippen LogP contribution is -2.29. The summed E-state index contributed by atoms with van der Waals surface area (Å²) in [4.78, 5) is 34.2. The van der Waals surface area contributed by atoms with Crippen LogP contribution in [0.4, 0.5) is 4.39 Å². The summed E-state index contributed by atoms with van der Waals surface area (Å²) >= 11 is 0. The lowest BCUT2D eigenvalue weighted by atomic mass is 9.75. The molecule has 0 fully saturated rings. The minimum atomic E-state index is -3.52. The first-order valence-electron chi connectivity index (χ1n) is 16.9. The minimum Gasteiger partial charge on any atom is -0.469 e. The van der Waals surface area contributed by atoms with Crippen molar-refractivity contribution in [1.29, 1.82) is 0 Å². The van der Waals surface area contributed by atoms with E-state index in [-0.39, 0.29) is 53.1 Å². The number of ketones is 1. The average molecular weight is 699 g/mol. The number of ether oxygens (including phenoxy) is 1. The van der Waals surface area contributed by atoms with Crippen LogP contribution in [0, 0.1) is 11.2 Å². The van der Waals surface area contributed by atoms with Gasteiger partial charge in [-0.25, -0.2) is 22.5 Å². The SMILES string of the molecule is COC(=O)CCc1cccc(C2(C)CCCC(C)(C)CS(=O)(=O)CCc3c(ccc4[nH]ccc34)C(=O)c3ccc(F)c(c3)-c3nc2nn3C)c1. The zero-order valence-electron chi connectivity index (χ0n) is 29.2. The number of nitrogens with zero attached hydrogens (tertiary/aromatic N) is 3. The summed E-state index contributed by atoms with van der Waals surface area (Å²) in [5.74, 6) is -0.520. The second-order valence-electron chi connectivity index (χ2n) is 14.4. The fourth-order valence-electron chi connectivity index (χ4n) is 7.25. The molecule has 9 nitrogen and oxygen atoms in total. The number of sulfone groups is 1. The van der Waals surface area contributed by atoms with E-state index in [4.69, 9.17) is 14.8 Å². The Morgan fingerprint density at radius 2 is 1.84 bits per heavy atom. The van der Waals surface area contributed by atoms with Gasteiger partial charge < -0.3 is 9.72 Å². The highest BCUT2D eigenvalue weighted by molar-refractivity contribution is 7.91. The number of esters is 1. The van der Waals surface area contributed by atoms with Crippen molar-refractivity contribution in [2.45, 2.75) is 64.7 Å². The molecule has 0 aliphatic carbocycles. The number of benzene rings is 3. The molecule has 3 heterocycles. The number of carbonyl (C=O) groups is 2. The van der Waals surface area contributed by atoms with Crippen molar-refractivity contribution in [2.24, 2.45) is 12.5 Å². The number of hydrogen-bond donors (Lipinski definition) is 1. The van der Waals surface area contributed by atoms with Crippen LogP contribution in [0.15, 0.2) is 66.9 Å². The van der Waals surface area contributed by atoms with E-state index in [0.29, 0.717) is 42.6 Å². The summed E-state index contributed by atoms with van der Waals surface area (Å²) in [5.41, 5.74) is 2.82. The van der Waals surface area contributed by atoms with Crippen molar-refractivity contribution >= 4 is 32.5 Å². The number of nitrogens with one attached hydrogen (secondary N) is 1. The molecule has 0 saturated carbocycles. The van der Waals surface area contributed by atoms with E-state index in [9.17, 15) is 18.0 Å². The number of aromatic nitrogens is 4. The molecule has 0 radical (unpaired) electrons. The van der Waals surface area contributed by atoms with E-state index in [1.54, 1.807) is 30.1 Å². The Labute approximate surface area is 292 Å².